The summed E-state index contributed by atoms with van der Waals surface area (Å²) in [5.74, 6) is 0.397. The molecule has 1 aliphatic heterocycles. The Morgan fingerprint density at radius 1 is 1.11 bits per heavy atom. The fraction of sp³-hybridized carbons (Fsp3) is 0.381. The Morgan fingerprint density at radius 2 is 1.79 bits per heavy atom. The zero-order valence-electron chi connectivity index (χ0n) is 16.5. The first kappa shape index (κ1) is 20.2. The molecule has 0 radical (unpaired) electrons. The summed E-state index contributed by atoms with van der Waals surface area (Å²) in [6, 6.07) is 14.6. The van der Waals surface area contributed by atoms with Crippen molar-refractivity contribution in [1.29, 1.82) is 0 Å². The fourth-order valence-corrected chi connectivity index (χ4v) is 5.19. The fourth-order valence-electron chi connectivity index (χ4n) is 3.46. The predicted molar refractivity (Wildman–Crippen MR) is 111 cm³/mol. The van der Waals surface area contributed by atoms with Crippen LogP contribution < -0.4 is 9.64 Å². The number of anilines is 1. The second kappa shape index (κ2) is 8.22. The molecular formula is C21H26N2O4S. The quantitative estimate of drug-likeness (QED) is 0.743. The standard InChI is InChI=1S/C21H26N2O4S/c1-22(2)17-10-8-16(9-11-17)14-23(18-12-13-28(25,26)15-18)21(24)19-6-4-5-7-20(19)27-3/h4-11,18H,12-15H2,1-3H3/t18-/m0/s1. The van der Waals surface area contributed by atoms with Gasteiger partial charge in [-0.1, -0.05) is 24.3 Å². The van der Waals surface area contributed by atoms with Crippen molar-refractivity contribution in [2.24, 2.45) is 0 Å². The van der Waals surface area contributed by atoms with E-state index in [2.05, 4.69) is 0 Å². The smallest absolute Gasteiger partial charge is 0.258 e. The lowest BCUT2D eigenvalue weighted by atomic mass is 10.1. The van der Waals surface area contributed by atoms with E-state index in [4.69, 9.17) is 4.74 Å². The van der Waals surface area contributed by atoms with Crippen molar-refractivity contribution in [3.63, 3.8) is 0 Å². The van der Waals surface area contributed by atoms with Crippen molar-refractivity contribution in [3.05, 3.63) is 59.7 Å². The molecule has 2 aromatic rings. The first-order chi connectivity index (χ1) is 13.3. The minimum atomic E-state index is -3.11. The molecule has 0 bridgehead atoms. The van der Waals surface area contributed by atoms with E-state index in [1.807, 2.05) is 43.3 Å². The number of benzene rings is 2. The third-order valence-corrected chi connectivity index (χ3v) is 6.80. The van der Waals surface area contributed by atoms with Crippen LogP contribution in [0.15, 0.2) is 48.5 Å². The van der Waals surface area contributed by atoms with Gasteiger partial charge >= 0.3 is 0 Å². The molecule has 1 heterocycles. The molecule has 0 unspecified atom stereocenters. The number of carbonyl (C=O) groups excluding carboxylic acids is 1. The van der Waals surface area contributed by atoms with E-state index in [1.165, 1.54) is 7.11 Å². The molecule has 1 atom stereocenters. The van der Waals surface area contributed by atoms with Crippen LogP contribution in [0.4, 0.5) is 5.69 Å². The second-order valence-electron chi connectivity index (χ2n) is 7.25. The Bertz CT molecular complexity index is 939. The number of nitrogens with zero attached hydrogens (tertiary/aromatic N) is 2. The Labute approximate surface area is 166 Å². The van der Waals surface area contributed by atoms with Gasteiger partial charge in [0.1, 0.15) is 5.75 Å². The number of carbonyl (C=O) groups is 1. The van der Waals surface area contributed by atoms with E-state index in [9.17, 15) is 13.2 Å². The van der Waals surface area contributed by atoms with Crippen LogP contribution >= 0.6 is 0 Å². The van der Waals surface area contributed by atoms with Crippen molar-refractivity contribution in [2.45, 2.75) is 19.0 Å². The number of hydrogen-bond donors (Lipinski definition) is 0. The molecule has 6 nitrogen and oxygen atoms in total. The van der Waals surface area contributed by atoms with Crippen LogP contribution in [0, 0.1) is 0 Å². The second-order valence-corrected chi connectivity index (χ2v) is 9.48. The maximum atomic E-state index is 13.3. The summed E-state index contributed by atoms with van der Waals surface area (Å²) >= 11 is 0. The average Bonchev–Trinajstić information content (AvgIpc) is 3.05. The van der Waals surface area contributed by atoms with Crippen molar-refractivity contribution in [2.75, 3.05) is 37.6 Å². The molecule has 2 aromatic carbocycles. The average molecular weight is 403 g/mol. The normalized spacial score (nSPS) is 17.9. The first-order valence-corrected chi connectivity index (χ1v) is 11.0. The lowest BCUT2D eigenvalue weighted by Gasteiger charge is -2.29. The molecular weight excluding hydrogens is 376 g/mol. The highest BCUT2D eigenvalue weighted by Crippen LogP contribution is 2.26. The zero-order chi connectivity index (χ0) is 20.3. The molecule has 1 saturated heterocycles. The van der Waals surface area contributed by atoms with Gasteiger partial charge < -0.3 is 14.5 Å². The van der Waals surface area contributed by atoms with E-state index < -0.39 is 9.84 Å². The molecule has 28 heavy (non-hydrogen) atoms. The van der Waals surface area contributed by atoms with Gasteiger partial charge in [-0.15, -0.1) is 0 Å². The van der Waals surface area contributed by atoms with Gasteiger partial charge in [0.2, 0.25) is 0 Å². The molecule has 3 rings (SSSR count). The number of hydrogen-bond acceptors (Lipinski definition) is 5. The summed E-state index contributed by atoms with van der Waals surface area (Å²) in [7, 11) is 2.35. The van der Waals surface area contributed by atoms with Crippen LogP contribution in [0.2, 0.25) is 0 Å². The summed E-state index contributed by atoms with van der Waals surface area (Å²) < 4.78 is 29.4. The van der Waals surface area contributed by atoms with Gasteiger partial charge in [0.15, 0.2) is 9.84 Å². The van der Waals surface area contributed by atoms with Gasteiger partial charge in [-0.2, -0.15) is 0 Å². The summed E-state index contributed by atoms with van der Waals surface area (Å²) in [4.78, 5) is 17.0. The molecule has 0 spiro atoms. The van der Waals surface area contributed by atoms with Gasteiger partial charge in [0.05, 0.1) is 24.2 Å². The van der Waals surface area contributed by atoms with Gasteiger partial charge in [-0.3, -0.25) is 4.79 Å². The lowest BCUT2D eigenvalue weighted by molar-refractivity contribution is 0.0677. The maximum absolute atomic E-state index is 13.3. The van der Waals surface area contributed by atoms with E-state index in [1.54, 1.807) is 29.2 Å². The van der Waals surface area contributed by atoms with Crippen LogP contribution in [-0.4, -0.2) is 58.0 Å². The Kier molecular flexibility index (Phi) is 5.93. The first-order valence-electron chi connectivity index (χ1n) is 9.21. The Morgan fingerprint density at radius 3 is 2.36 bits per heavy atom. The van der Waals surface area contributed by atoms with E-state index >= 15 is 0 Å². The van der Waals surface area contributed by atoms with Crippen LogP contribution in [0.3, 0.4) is 0 Å². The van der Waals surface area contributed by atoms with E-state index in [0.29, 0.717) is 24.3 Å². The minimum absolute atomic E-state index is 0.00364. The third-order valence-electron chi connectivity index (χ3n) is 5.05. The van der Waals surface area contributed by atoms with Crippen LogP contribution in [-0.2, 0) is 16.4 Å². The molecule has 150 valence electrons. The maximum Gasteiger partial charge on any atom is 0.258 e. The van der Waals surface area contributed by atoms with Crippen LogP contribution in [0.25, 0.3) is 0 Å². The highest BCUT2D eigenvalue weighted by molar-refractivity contribution is 7.91. The molecule has 0 saturated carbocycles. The highest BCUT2D eigenvalue weighted by atomic mass is 32.2. The topological polar surface area (TPSA) is 66.9 Å². The summed E-state index contributed by atoms with van der Waals surface area (Å²) in [5.41, 5.74) is 2.46. The Hall–Kier alpha value is -2.54. The van der Waals surface area contributed by atoms with Crippen molar-refractivity contribution < 1.29 is 17.9 Å². The SMILES string of the molecule is COc1ccccc1C(=O)N(Cc1ccc(N(C)C)cc1)[C@H]1CCS(=O)(=O)C1. The summed E-state index contributed by atoms with van der Waals surface area (Å²) in [5, 5.41) is 0. The van der Waals surface area contributed by atoms with Gasteiger partial charge in [-0.05, 0) is 36.2 Å². The van der Waals surface area contributed by atoms with Crippen molar-refractivity contribution in [3.8, 4) is 5.75 Å². The third kappa shape index (κ3) is 4.47. The minimum Gasteiger partial charge on any atom is -0.496 e. The number of rotatable bonds is 6. The van der Waals surface area contributed by atoms with Gasteiger partial charge in [-0.25, -0.2) is 8.42 Å². The largest absolute Gasteiger partial charge is 0.496 e. The predicted octanol–water partition coefficient (Wildman–Crippen LogP) is 2.59. The lowest BCUT2D eigenvalue weighted by Crippen LogP contribution is -2.40. The van der Waals surface area contributed by atoms with E-state index in [-0.39, 0.29) is 23.5 Å². The number of ether oxygens (including phenoxy) is 1. The molecule has 1 amide bonds. The molecule has 1 aliphatic rings. The molecule has 0 aromatic heterocycles. The Balaban J connectivity index is 1.92. The van der Waals surface area contributed by atoms with Crippen molar-refractivity contribution in [1.82, 2.24) is 4.90 Å². The molecule has 1 fully saturated rings. The summed E-state index contributed by atoms with van der Waals surface area (Å²) in [6.07, 6.45) is 0.457. The van der Waals surface area contributed by atoms with Crippen molar-refractivity contribution >= 4 is 21.4 Å². The van der Waals surface area contributed by atoms with Crippen LogP contribution in [0.5, 0.6) is 5.75 Å². The number of methoxy groups -OCH3 is 1. The highest BCUT2D eigenvalue weighted by Gasteiger charge is 2.35. The summed E-state index contributed by atoms with van der Waals surface area (Å²) in [6.45, 7) is 0.352. The zero-order valence-corrected chi connectivity index (χ0v) is 17.3. The number of para-hydroxylation sites is 1. The monoisotopic (exact) mass is 402 g/mol. The number of sulfone groups is 1. The van der Waals surface area contributed by atoms with Gasteiger partial charge in [0.25, 0.3) is 5.91 Å². The molecule has 0 N–H and O–H groups in total. The number of amides is 1. The van der Waals surface area contributed by atoms with Crippen LogP contribution in [0.1, 0.15) is 22.3 Å². The van der Waals surface area contributed by atoms with E-state index in [0.717, 1.165) is 11.3 Å². The molecule has 0 aliphatic carbocycles. The van der Waals surface area contributed by atoms with Gasteiger partial charge in [0, 0.05) is 32.4 Å². The molecule has 7 heteroatoms.